The number of carbonyl (C=O) groups is 2. The third-order valence-corrected chi connectivity index (χ3v) is 5.60. The Morgan fingerprint density at radius 1 is 1.03 bits per heavy atom. The van der Waals surface area contributed by atoms with Crippen LogP contribution in [0.3, 0.4) is 0 Å². The first-order valence-electron chi connectivity index (χ1n) is 10.8. The molecule has 0 spiro atoms. The average Bonchev–Trinajstić information content (AvgIpc) is 2.72. The summed E-state index contributed by atoms with van der Waals surface area (Å²) >= 11 is 0. The average molecular weight is 409 g/mol. The van der Waals surface area contributed by atoms with Gasteiger partial charge in [0.1, 0.15) is 11.9 Å². The number of aryl methyl sites for hydroxylation is 2. The summed E-state index contributed by atoms with van der Waals surface area (Å²) in [5, 5.41) is 5.82. The molecule has 30 heavy (non-hydrogen) atoms. The first-order chi connectivity index (χ1) is 14.4. The van der Waals surface area contributed by atoms with Gasteiger partial charge in [-0.2, -0.15) is 0 Å². The van der Waals surface area contributed by atoms with Crippen molar-refractivity contribution < 1.29 is 9.59 Å². The van der Waals surface area contributed by atoms with Gasteiger partial charge in [0, 0.05) is 18.7 Å². The molecule has 2 heterocycles. The maximum Gasteiger partial charge on any atom is 0.252 e. The molecule has 0 radical (unpaired) electrons. The van der Waals surface area contributed by atoms with Crippen LogP contribution >= 0.6 is 0 Å². The number of benzene rings is 1. The van der Waals surface area contributed by atoms with Gasteiger partial charge in [-0.25, -0.2) is 4.98 Å². The predicted octanol–water partition coefficient (Wildman–Crippen LogP) is 4.08. The number of carbonyl (C=O) groups excluding carboxylic acids is 2. The van der Waals surface area contributed by atoms with Crippen molar-refractivity contribution in [2.24, 2.45) is 5.92 Å². The monoisotopic (exact) mass is 408 g/mol. The second-order valence-electron chi connectivity index (χ2n) is 8.41. The maximum atomic E-state index is 12.9. The molecule has 1 aliphatic rings. The van der Waals surface area contributed by atoms with Crippen molar-refractivity contribution in [2.75, 3.05) is 23.3 Å². The van der Waals surface area contributed by atoms with Crippen LogP contribution in [0.2, 0.25) is 0 Å². The lowest BCUT2D eigenvalue weighted by molar-refractivity contribution is -0.118. The number of pyridine rings is 1. The third kappa shape index (κ3) is 5.17. The number of nitrogens with one attached hydrogen (secondary N) is 2. The summed E-state index contributed by atoms with van der Waals surface area (Å²) in [6.07, 6.45) is 5.36. The van der Waals surface area contributed by atoms with Gasteiger partial charge in [0.2, 0.25) is 5.91 Å². The fraction of sp³-hybridized carbons (Fsp3) is 0.458. The first kappa shape index (κ1) is 21.8. The quantitative estimate of drug-likeness (QED) is 0.755. The molecule has 1 aromatic carbocycles. The third-order valence-electron chi connectivity index (χ3n) is 5.60. The minimum Gasteiger partial charge on any atom is -0.356 e. The van der Waals surface area contributed by atoms with Crippen LogP contribution in [0.25, 0.3) is 0 Å². The van der Waals surface area contributed by atoms with E-state index < -0.39 is 6.04 Å². The summed E-state index contributed by atoms with van der Waals surface area (Å²) in [5.74, 6) is 0.455. The van der Waals surface area contributed by atoms with E-state index in [-0.39, 0.29) is 17.7 Å². The summed E-state index contributed by atoms with van der Waals surface area (Å²) in [6.45, 7) is 9.81. The molecule has 0 aliphatic carbocycles. The van der Waals surface area contributed by atoms with Crippen molar-refractivity contribution in [3.05, 3.63) is 53.2 Å². The van der Waals surface area contributed by atoms with Gasteiger partial charge in [-0.1, -0.05) is 32.0 Å². The van der Waals surface area contributed by atoms with E-state index in [9.17, 15) is 9.59 Å². The largest absolute Gasteiger partial charge is 0.356 e. The summed E-state index contributed by atoms with van der Waals surface area (Å²) in [6, 6.07) is 8.69. The van der Waals surface area contributed by atoms with Crippen molar-refractivity contribution in [1.82, 2.24) is 10.3 Å². The number of aromatic nitrogens is 1. The highest BCUT2D eigenvalue weighted by Gasteiger charge is 2.25. The zero-order valence-electron chi connectivity index (χ0n) is 18.4. The van der Waals surface area contributed by atoms with E-state index in [0.717, 1.165) is 30.0 Å². The molecule has 0 bridgehead atoms. The van der Waals surface area contributed by atoms with E-state index in [1.807, 2.05) is 52.0 Å². The fourth-order valence-electron chi connectivity index (χ4n) is 3.87. The lowest BCUT2D eigenvalue weighted by atomic mass is 10.0. The second-order valence-corrected chi connectivity index (χ2v) is 8.41. The second kappa shape index (κ2) is 9.74. The molecule has 1 atom stereocenters. The molecule has 6 heteroatoms. The molecule has 0 unspecified atom stereocenters. The number of hydrogen-bond donors (Lipinski definition) is 2. The smallest absolute Gasteiger partial charge is 0.252 e. The number of hydrogen-bond acceptors (Lipinski definition) is 4. The van der Waals surface area contributed by atoms with Crippen LogP contribution in [0.1, 0.15) is 54.6 Å². The molecule has 3 rings (SSSR count). The lowest BCUT2D eigenvalue weighted by Crippen LogP contribution is -2.47. The molecule has 1 aromatic heterocycles. The Labute approximate surface area is 179 Å². The number of nitrogens with zero attached hydrogens (tertiary/aromatic N) is 2. The molecule has 1 fully saturated rings. The van der Waals surface area contributed by atoms with Gasteiger partial charge in [-0.05, 0) is 62.3 Å². The Balaban J connectivity index is 1.69. The Kier molecular flexibility index (Phi) is 7.08. The zero-order valence-corrected chi connectivity index (χ0v) is 18.4. The van der Waals surface area contributed by atoms with E-state index in [1.165, 1.54) is 19.3 Å². The summed E-state index contributed by atoms with van der Waals surface area (Å²) in [4.78, 5) is 32.6. The number of anilines is 2. The van der Waals surface area contributed by atoms with Gasteiger partial charge in [-0.3, -0.25) is 9.59 Å². The van der Waals surface area contributed by atoms with Gasteiger partial charge in [0.05, 0.1) is 11.9 Å². The van der Waals surface area contributed by atoms with Crippen LogP contribution in [-0.4, -0.2) is 35.9 Å². The van der Waals surface area contributed by atoms with Crippen LogP contribution in [0.15, 0.2) is 36.5 Å². The Morgan fingerprint density at radius 2 is 1.73 bits per heavy atom. The van der Waals surface area contributed by atoms with Gasteiger partial charge in [0.15, 0.2) is 0 Å². The SMILES string of the molecule is Cc1ccccc1C(=O)N[C@@H](C(=O)Nc1cnc(N2CCCCC2)c(C)c1)C(C)C. The van der Waals surface area contributed by atoms with Crippen molar-refractivity contribution in [1.29, 1.82) is 0 Å². The molecule has 160 valence electrons. The van der Waals surface area contributed by atoms with Gasteiger partial charge in [-0.15, -0.1) is 0 Å². The van der Waals surface area contributed by atoms with Crippen molar-refractivity contribution in [3.8, 4) is 0 Å². The van der Waals surface area contributed by atoms with E-state index in [1.54, 1.807) is 12.3 Å². The minimum absolute atomic E-state index is 0.0559. The van der Waals surface area contributed by atoms with Gasteiger partial charge in [0.25, 0.3) is 5.91 Å². The Bertz CT molecular complexity index is 904. The number of rotatable bonds is 6. The van der Waals surface area contributed by atoms with Crippen LogP contribution < -0.4 is 15.5 Å². The first-order valence-corrected chi connectivity index (χ1v) is 10.8. The predicted molar refractivity (Wildman–Crippen MR) is 121 cm³/mol. The minimum atomic E-state index is -0.640. The highest BCUT2D eigenvalue weighted by molar-refractivity contribution is 6.01. The topological polar surface area (TPSA) is 74.3 Å². The highest BCUT2D eigenvalue weighted by atomic mass is 16.2. The van der Waals surface area contributed by atoms with Crippen molar-refractivity contribution >= 4 is 23.3 Å². The number of piperidine rings is 1. The normalized spacial score (nSPS) is 15.0. The van der Waals surface area contributed by atoms with E-state index in [2.05, 4.69) is 20.5 Å². The standard InChI is InChI=1S/C24H32N4O2/c1-16(2)21(27-23(29)20-11-7-6-10-17(20)3)24(30)26-19-14-18(4)22(25-15-19)28-12-8-5-9-13-28/h6-7,10-11,14-16,21H,5,8-9,12-13H2,1-4H3,(H,26,30)(H,27,29)/t21-/m1/s1. The molecular weight excluding hydrogens is 376 g/mol. The van der Waals surface area contributed by atoms with Crippen molar-refractivity contribution in [3.63, 3.8) is 0 Å². The number of amides is 2. The molecule has 2 N–H and O–H groups in total. The van der Waals surface area contributed by atoms with Crippen LogP contribution in [0, 0.1) is 19.8 Å². The zero-order chi connectivity index (χ0) is 21.7. The molecule has 0 saturated carbocycles. The maximum absolute atomic E-state index is 12.9. The highest BCUT2D eigenvalue weighted by Crippen LogP contribution is 2.24. The molecule has 6 nitrogen and oxygen atoms in total. The van der Waals surface area contributed by atoms with Crippen molar-refractivity contribution in [2.45, 2.75) is 53.0 Å². The van der Waals surface area contributed by atoms with Crippen LogP contribution in [0.5, 0.6) is 0 Å². The van der Waals surface area contributed by atoms with E-state index in [4.69, 9.17) is 0 Å². The van der Waals surface area contributed by atoms with E-state index in [0.29, 0.717) is 11.3 Å². The molecular formula is C24H32N4O2. The molecule has 2 aromatic rings. The lowest BCUT2D eigenvalue weighted by Gasteiger charge is -2.29. The summed E-state index contributed by atoms with van der Waals surface area (Å²) in [5.41, 5.74) is 3.15. The van der Waals surface area contributed by atoms with Crippen LogP contribution in [-0.2, 0) is 4.79 Å². The molecule has 2 amide bonds. The summed E-state index contributed by atoms with van der Waals surface area (Å²) < 4.78 is 0. The Hall–Kier alpha value is -2.89. The molecule has 1 saturated heterocycles. The Morgan fingerprint density at radius 3 is 2.37 bits per heavy atom. The molecule has 1 aliphatic heterocycles. The van der Waals surface area contributed by atoms with E-state index >= 15 is 0 Å². The van der Waals surface area contributed by atoms with Gasteiger partial charge < -0.3 is 15.5 Å². The van der Waals surface area contributed by atoms with Gasteiger partial charge >= 0.3 is 0 Å². The van der Waals surface area contributed by atoms with Crippen LogP contribution in [0.4, 0.5) is 11.5 Å². The summed E-state index contributed by atoms with van der Waals surface area (Å²) in [7, 11) is 0. The fourth-order valence-corrected chi connectivity index (χ4v) is 3.87.